The minimum absolute atomic E-state index is 0.220. The van der Waals surface area contributed by atoms with E-state index in [-0.39, 0.29) is 5.88 Å². The molecule has 1 aliphatic heterocycles. The van der Waals surface area contributed by atoms with Crippen LogP contribution in [0.1, 0.15) is 90.4 Å². The van der Waals surface area contributed by atoms with Crippen molar-refractivity contribution in [2.75, 3.05) is 0 Å². The van der Waals surface area contributed by atoms with Crippen LogP contribution >= 0.6 is 0 Å². The van der Waals surface area contributed by atoms with Crippen LogP contribution in [-0.2, 0) is 31.6 Å². The van der Waals surface area contributed by atoms with Gasteiger partial charge in [-0.25, -0.2) is 4.98 Å². The summed E-state index contributed by atoms with van der Waals surface area (Å²) in [7, 11) is 0. The van der Waals surface area contributed by atoms with Crippen LogP contribution in [0.3, 0.4) is 0 Å². The SMILES string of the molecule is O=C(NC1CCCc2c(CCc3cccc(-c4ccc5c(c4)C(NC(=O)c4ccc(C(F)(F)F)[nH]c4=O)c4cccnc4O5)c3)cccc21)c1ccc(C(F)(F)F)[nH]c1=O. The number of benzene rings is 3. The summed E-state index contributed by atoms with van der Waals surface area (Å²) in [6.07, 6.45) is -4.63. The molecule has 2 atom stereocenters. The number of hydrogen-bond donors (Lipinski definition) is 4. The molecule has 2 aliphatic rings. The Labute approximate surface area is 336 Å². The normalized spacial score (nSPS) is 15.8. The summed E-state index contributed by atoms with van der Waals surface area (Å²) in [5.41, 5.74) is 0.970. The Balaban J connectivity index is 1.01. The number of fused-ring (bicyclic) bond motifs is 3. The average Bonchev–Trinajstić information content (AvgIpc) is 3.22. The van der Waals surface area contributed by atoms with E-state index in [1.807, 2.05) is 54.6 Å². The number of aromatic nitrogens is 3. The first-order chi connectivity index (χ1) is 28.6. The maximum absolute atomic E-state index is 13.4. The number of aryl methyl sites for hydroxylation is 2. The summed E-state index contributed by atoms with van der Waals surface area (Å²) in [4.78, 5) is 59.2. The van der Waals surface area contributed by atoms with Crippen molar-refractivity contribution in [3.05, 3.63) is 180 Å². The summed E-state index contributed by atoms with van der Waals surface area (Å²) >= 11 is 0. The van der Waals surface area contributed by atoms with Crippen LogP contribution in [0.2, 0.25) is 0 Å². The fourth-order valence-corrected chi connectivity index (χ4v) is 7.76. The van der Waals surface area contributed by atoms with E-state index in [1.165, 1.54) is 6.20 Å². The standard InChI is InChI=1S/C44H33F6N5O5/c45-43(46,47)35-18-15-30(39(57)53-35)38(56)52-33-11-3-8-27-24(6-2-9-28(27)33)13-12-23-5-1-7-25(21-23)26-14-17-34-32(22-26)37(29-10-4-20-51-42(29)60-34)55-41(59)31-16-19-36(44(48,49)50)54-40(31)58/h1-2,4-7,9-10,14-22,33,37H,3,8,11-13H2,(H,52,56)(H,53,57)(H,54,58)(H,55,59). The number of H-pyrrole nitrogens is 2. The minimum Gasteiger partial charge on any atom is -0.438 e. The number of pyridine rings is 3. The molecular formula is C44H33F6N5O5. The van der Waals surface area contributed by atoms with Crippen molar-refractivity contribution in [1.82, 2.24) is 25.6 Å². The first-order valence-corrected chi connectivity index (χ1v) is 18.8. The van der Waals surface area contributed by atoms with E-state index < -0.39 is 69.9 Å². The summed E-state index contributed by atoms with van der Waals surface area (Å²) in [6.45, 7) is 0. The van der Waals surface area contributed by atoms with Gasteiger partial charge in [-0.05, 0) is 114 Å². The van der Waals surface area contributed by atoms with Crippen LogP contribution in [-0.4, -0.2) is 26.8 Å². The fourth-order valence-electron chi connectivity index (χ4n) is 7.76. The molecule has 0 bridgehead atoms. The Morgan fingerprint density at radius 1 is 0.700 bits per heavy atom. The van der Waals surface area contributed by atoms with Crippen LogP contribution < -0.4 is 26.5 Å². The maximum atomic E-state index is 13.4. The maximum Gasteiger partial charge on any atom is 0.431 e. The van der Waals surface area contributed by atoms with Gasteiger partial charge in [-0.3, -0.25) is 19.2 Å². The molecule has 8 rings (SSSR count). The molecule has 0 saturated carbocycles. The van der Waals surface area contributed by atoms with Gasteiger partial charge in [-0.15, -0.1) is 0 Å². The number of alkyl halides is 6. The first-order valence-electron chi connectivity index (χ1n) is 18.8. The van der Waals surface area contributed by atoms with Gasteiger partial charge in [0.05, 0.1) is 12.1 Å². The lowest BCUT2D eigenvalue weighted by molar-refractivity contribution is -0.142. The molecule has 4 heterocycles. The molecule has 306 valence electrons. The number of rotatable bonds is 8. The van der Waals surface area contributed by atoms with Gasteiger partial charge in [0.1, 0.15) is 28.3 Å². The van der Waals surface area contributed by atoms with Crippen molar-refractivity contribution in [3.8, 4) is 22.8 Å². The Bertz CT molecular complexity index is 2780. The second-order valence-electron chi connectivity index (χ2n) is 14.5. The number of halogens is 6. The van der Waals surface area contributed by atoms with Crippen LogP contribution in [0.4, 0.5) is 26.3 Å². The molecule has 0 spiro atoms. The third-order valence-corrected chi connectivity index (χ3v) is 10.7. The van der Waals surface area contributed by atoms with Crippen molar-refractivity contribution in [2.45, 2.75) is 56.5 Å². The lowest BCUT2D eigenvalue weighted by Gasteiger charge is -2.28. The van der Waals surface area contributed by atoms with Crippen molar-refractivity contribution < 1.29 is 40.7 Å². The van der Waals surface area contributed by atoms with Gasteiger partial charge in [0.15, 0.2) is 0 Å². The number of nitrogens with zero attached hydrogens (tertiary/aromatic N) is 1. The molecule has 4 N–H and O–H groups in total. The van der Waals surface area contributed by atoms with E-state index in [4.69, 9.17) is 4.74 Å². The van der Waals surface area contributed by atoms with Crippen molar-refractivity contribution >= 4 is 11.8 Å². The Kier molecular flexibility index (Phi) is 10.4. The number of hydrogen-bond acceptors (Lipinski definition) is 6. The predicted molar refractivity (Wildman–Crippen MR) is 207 cm³/mol. The van der Waals surface area contributed by atoms with Gasteiger partial charge in [0.25, 0.3) is 22.9 Å². The zero-order chi connectivity index (χ0) is 42.3. The fraction of sp³-hybridized carbons (Fsp3) is 0.205. The lowest BCUT2D eigenvalue weighted by Crippen LogP contribution is -2.35. The number of nitrogens with one attached hydrogen (secondary N) is 4. The lowest BCUT2D eigenvalue weighted by atomic mass is 9.83. The first kappa shape index (κ1) is 39.8. The van der Waals surface area contributed by atoms with Gasteiger partial charge in [0.2, 0.25) is 5.88 Å². The molecule has 2 unspecified atom stereocenters. The van der Waals surface area contributed by atoms with E-state index >= 15 is 0 Å². The zero-order valence-corrected chi connectivity index (χ0v) is 31.3. The summed E-state index contributed by atoms with van der Waals surface area (Å²) in [6, 6.07) is 24.2. The largest absolute Gasteiger partial charge is 0.438 e. The minimum atomic E-state index is -4.80. The molecule has 3 aromatic heterocycles. The third kappa shape index (κ3) is 8.04. The van der Waals surface area contributed by atoms with E-state index in [9.17, 15) is 45.5 Å². The molecule has 10 nitrogen and oxygen atoms in total. The highest BCUT2D eigenvalue weighted by atomic mass is 19.4. The molecule has 0 fully saturated rings. The Hall–Kier alpha value is -6.97. The smallest absolute Gasteiger partial charge is 0.431 e. The second kappa shape index (κ2) is 15.7. The van der Waals surface area contributed by atoms with E-state index in [1.54, 1.807) is 28.2 Å². The molecule has 0 radical (unpaired) electrons. The van der Waals surface area contributed by atoms with Gasteiger partial charge >= 0.3 is 12.4 Å². The van der Waals surface area contributed by atoms with Gasteiger partial charge in [-0.2, -0.15) is 26.3 Å². The monoisotopic (exact) mass is 825 g/mol. The van der Waals surface area contributed by atoms with E-state index in [2.05, 4.69) is 15.6 Å². The molecule has 0 saturated heterocycles. The Morgan fingerprint density at radius 2 is 1.35 bits per heavy atom. The molecule has 1 aliphatic carbocycles. The quantitative estimate of drug-likeness (QED) is 0.114. The van der Waals surface area contributed by atoms with Gasteiger partial charge in [0, 0.05) is 17.3 Å². The average molecular weight is 826 g/mol. The molecule has 6 aromatic rings. The summed E-state index contributed by atoms with van der Waals surface area (Å²) in [5.74, 6) is -1.04. The van der Waals surface area contributed by atoms with Crippen molar-refractivity contribution in [2.24, 2.45) is 0 Å². The number of ether oxygens (including phenoxy) is 1. The second-order valence-corrected chi connectivity index (χ2v) is 14.5. The topological polar surface area (TPSA) is 146 Å². The van der Waals surface area contributed by atoms with Crippen molar-refractivity contribution in [1.29, 1.82) is 0 Å². The van der Waals surface area contributed by atoms with Gasteiger partial charge < -0.3 is 25.3 Å². The van der Waals surface area contributed by atoms with E-state index in [0.717, 1.165) is 58.4 Å². The van der Waals surface area contributed by atoms with Gasteiger partial charge in [-0.1, -0.05) is 48.5 Å². The Morgan fingerprint density at radius 3 is 2.03 bits per heavy atom. The molecule has 60 heavy (non-hydrogen) atoms. The number of carbonyl (C=O) groups excluding carboxylic acids is 2. The highest BCUT2D eigenvalue weighted by Crippen LogP contribution is 2.43. The highest BCUT2D eigenvalue weighted by molar-refractivity contribution is 5.95. The summed E-state index contributed by atoms with van der Waals surface area (Å²) < 4.78 is 84.8. The highest BCUT2D eigenvalue weighted by Gasteiger charge is 2.35. The molecular weight excluding hydrogens is 793 g/mol. The van der Waals surface area contributed by atoms with Crippen LogP contribution in [0, 0.1) is 0 Å². The zero-order valence-electron chi connectivity index (χ0n) is 31.3. The molecule has 2 amide bonds. The number of aromatic amines is 2. The molecule has 3 aromatic carbocycles. The third-order valence-electron chi connectivity index (χ3n) is 10.7. The number of amides is 2. The van der Waals surface area contributed by atoms with Crippen LogP contribution in [0.15, 0.2) is 113 Å². The van der Waals surface area contributed by atoms with Crippen LogP contribution in [0.5, 0.6) is 11.6 Å². The van der Waals surface area contributed by atoms with E-state index in [0.29, 0.717) is 48.3 Å². The predicted octanol–water partition coefficient (Wildman–Crippen LogP) is 8.38. The summed E-state index contributed by atoms with van der Waals surface area (Å²) in [5, 5.41) is 5.64. The van der Waals surface area contributed by atoms with Crippen molar-refractivity contribution in [3.63, 3.8) is 0 Å². The van der Waals surface area contributed by atoms with Crippen LogP contribution in [0.25, 0.3) is 11.1 Å². The number of carbonyl (C=O) groups is 2. The molecule has 16 heteroatoms.